The molecule has 1 aliphatic carbocycles. The molecular weight excluding hydrogens is 881 g/mol. The Morgan fingerprint density at radius 3 is 1.38 bits per heavy atom. The molecule has 13 aromatic rings. The summed E-state index contributed by atoms with van der Waals surface area (Å²) in [6, 6.07) is 97.1. The fraction of sp³-hybridized carbons (Fsp3) is 0.0149. The molecule has 0 N–H and O–H groups in total. The van der Waals surface area contributed by atoms with Crippen LogP contribution >= 0.6 is 11.3 Å². The average molecular weight is 925 g/mol. The number of thiophene rings is 1. The Bertz CT molecular complexity index is 4000. The van der Waals surface area contributed by atoms with Crippen LogP contribution in [0.4, 0.5) is 34.1 Å². The molecule has 0 radical (unpaired) electrons. The number of benzene rings is 11. The molecule has 4 heteroatoms. The van der Waals surface area contributed by atoms with Crippen molar-refractivity contribution >= 4 is 87.6 Å². The predicted octanol–water partition coefficient (Wildman–Crippen LogP) is 18.9. The number of rotatable bonds is 9. The molecular formula is C67H44N2OS. The Hall–Kier alpha value is -8.96. The van der Waals surface area contributed by atoms with Gasteiger partial charge in [0, 0.05) is 49.2 Å². The molecule has 1 aliphatic rings. The molecule has 0 amide bonds. The zero-order valence-corrected chi connectivity index (χ0v) is 39.4. The minimum absolute atomic E-state index is 0.806. The molecule has 0 fully saturated rings. The maximum absolute atomic E-state index is 7.45. The van der Waals surface area contributed by atoms with Crippen LogP contribution in [0.1, 0.15) is 22.3 Å². The highest BCUT2D eigenvalue weighted by Crippen LogP contribution is 2.65. The molecule has 71 heavy (non-hydrogen) atoms. The lowest BCUT2D eigenvalue weighted by atomic mass is 9.67. The molecule has 0 spiro atoms. The normalized spacial score (nSPS) is 12.6. The quantitative estimate of drug-likeness (QED) is 0.144. The third-order valence-corrected chi connectivity index (χ3v) is 15.7. The zero-order valence-electron chi connectivity index (χ0n) is 38.6. The second-order valence-corrected chi connectivity index (χ2v) is 19.4. The minimum Gasteiger partial charge on any atom is -0.455 e. The van der Waals surface area contributed by atoms with Crippen LogP contribution in [0.2, 0.25) is 0 Å². The third kappa shape index (κ3) is 6.35. The summed E-state index contributed by atoms with van der Waals surface area (Å²) in [5, 5.41) is 4.61. The van der Waals surface area contributed by atoms with Crippen molar-refractivity contribution in [3.05, 3.63) is 289 Å². The standard InChI is InChI=1S/C67H44N2OS/c1-7-23-45(24-8-1)46-39-41-52(42-40-46)69(51-33-17-6-18-34-51)58-44-55-63(62-54-36-20-22-38-60(54)71-66(58)62)64-56(67(55,47-25-9-2-10-26-47)48-27-11-3-12-28-48)43-57(61-53-35-19-21-37-59(53)70-65(61)64)68(49-29-13-4-14-30-49)50-31-15-5-16-32-50/h1-44H. The van der Waals surface area contributed by atoms with E-state index in [4.69, 9.17) is 4.42 Å². The molecule has 0 unspecified atom stereocenters. The molecule has 2 heterocycles. The lowest BCUT2D eigenvalue weighted by Crippen LogP contribution is -2.29. The number of hydrogen-bond donors (Lipinski definition) is 0. The van der Waals surface area contributed by atoms with E-state index >= 15 is 0 Å². The number of nitrogens with zero attached hydrogens (tertiary/aromatic N) is 2. The van der Waals surface area contributed by atoms with Gasteiger partial charge in [0.2, 0.25) is 0 Å². The zero-order chi connectivity index (χ0) is 46.9. The van der Waals surface area contributed by atoms with Gasteiger partial charge in [-0.05, 0) is 112 Å². The van der Waals surface area contributed by atoms with Gasteiger partial charge in [-0.25, -0.2) is 0 Å². The molecule has 0 aliphatic heterocycles. The van der Waals surface area contributed by atoms with E-state index in [0.29, 0.717) is 0 Å². The lowest BCUT2D eigenvalue weighted by Gasteiger charge is -2.36. The van der Waals surface area contributed by atoms with Gasteiger partial charge in [0.15, 0.2) is 0 Å². The van der Waals surface area contributed by atoms with Crippen LogP contribution in [0.5, 0.6) is 0 Å². The van der Waals surface area contributed by atoms with Crippen LogP contribution in [-0.4, -0.2) is 0 Å². The van der Waals surface area contributed by atoms with Crippen molar-refractivity contribution in [2.45, 2.75) is 5.41 Å². The first kappa shape index (κ1) is 41.1. The van der Waals surface area contributed by atoms with Crippen molar-refractivity contribution < 1.29 is 4.42 Å². The van der Waals surface area contributed by atoms with Crippen LogP contribution in [0.15, 0.2) is 271 Å². The van der Waals surface area contributed by atoms with Crippen molar-refractivity contribution in [2.24, 2.45) is 0 Å². The van der Waals surface area contributed by atoms with Crippen LogP contribution in [0.25, 0.3) is 64.4 Å². The number of para-hydroxylation sites is 4. The third-order valence-electron chi connectivity index (χ3n) is 14.5. The largest absolute Gasteiger partial charge is 0.455 e. The van der Waals surface area contributed by atoms with Crippen molar-refractivity contribution in [3.8, 4) is 22.3 Å². The van der Waals surface area contributed by atoms with E-state index in [0.717, 1.165) is 61.6 Å². The smallest absolute Gasteiger partial charge is 0.145 e. The van der Waals surface area contributed by atoms with Gasteiger partial charge in [-0.1, -0.05) is 194 Å². The van der Waals surface area contributed by atoms with E-state index in [2.05, 4.69) is 277 Å². The van der Waals surface area contributed by atoms with Gasteiger partial charge in [-0.2, -0.15) is 0 Å². The summed E-state index contributed by atoms with van der Waals surface area (Å²) in [7, 11) is 0. The SMILES string of the molecule is c1ccc(-c2ccc(N(c3ccccc3)c3cc4c(c5c3sc3ccccc35)-c3c(cc(N(c5ccccc5)c5ccccc5)c5c3oc3ccccc35)C4(c3ccccc3)c3ccccc3)cc2)cc1. The Labute approximate surface area is 416 Å². The molecule has 0 atom stereocenters. The predicted molar refractivity (Wildman–Crippen MR) is 299 cm³/mol. The van der Waals surface area contributed by atoms with Gasteiger partial charge < -0.3 is 14.2 Å². The number of hydrogen-bond acceptors (Lipinski definition) is 4. The number of anilines is 6. The summed E-state index contributed by atoms with van der Waals surface area (Å²) in [6.07, 6.45) is 0. The highest BCUT2D eigenvalue weighted by atomic mass is 32.1. The first-order valence-electron chi connectivity index (χ1n) is 24.3. The highest BCUT2D eigenvalue weighted by molar-refractivity contribution is 7.26. The molecule has 0 bridgehead atoms. The highest BCUT2D eigenvalue weighted by Gasteiger charge is 2.50. The summed E-state index contributed by atoms with van der Waals surface area (Å²) >= 11 is 1.87. The van der Waals surface area contributed by atoms with Gasteiger partial charge in [-0.3, -0.25) is 0 Å². The van der Waals surface area contributed by atoms with Crippen LogP contribution in [-0.2, 0) is 5.41 Å². The lowest BCUT2D eigenvalue weighted by molar-refractivity contribution is 0.669. The minimum atomic E-state index is -0.806. The van der Waals surface area contributed by atoms with Gasteiger partial charge in [-0.15, -0.1) is 11.3 Å². The summed E-state index contributed by atoms with van der Waals surface area (Å²) in [6.45, 7) is 0. The number of furan rings is 1. The van der Waals surface area contributed by atoms with Crippen LogP contribution in [0.3, 0.4) is 0 Å². The Morgan fingerprint density at radius 1 is 0.352 bits per heavy atom. The molecule has 0 saturated heterocycles. The van der Waals surface area contributed by atoms with Gasteiger partial charge in [0.05, 0.1) is 26.9 Å². The van der Waals surface area contributed by atoms with E-state index in [1.807, 2.05) is 11.3 Å². The molecule has 334 valence electrons. The maximum atomic E-state index is 7.45. The van der Waals surface area contributed by atoms with Crippen LogP contribution < -0.4 is 9.80 Å². The van der Waals surface area contributed by atoms with E-state index in [1.165, 1.54) is 59.1 Å². The van der Waals surface area contributed by atoms with Crippen molar-refractivity contribution in [1.82, 2.24) is 0 Å². The topological polar surface area (TPSA) is 19.6 Å². The fourth-order valence-electron chi connectivity index (χ4n) is 11.5. The number of fused-ring (bicyclic) bond motifs is 11. The Morgan fingerprint density at radius 2 is 0.789 bits per heavy atom. The van der Waals surface area contributed by atoms with Gasteiger partial charge in [0.25, 0.3) is 0 Å². The van der Waals surface area contributed by atoms with Crippen LogP contribution in [0, 0.1) is 0 Å². The van der Waals surface area contributed by atoms with Gasteiger partial charge >= 0.3 is 0 Å². The molecule has 14 rings (SSSR count). The molecule has 0 saturated carbocycles. The second-order valence-electron chi connectivity index (χ2n) is 18.3. The van der Waals surface area contributed by atoms with E-state index < -0.39 is 5.41 Å². The molecule has 3 nitrogen and oxygen atoms in total. The molecule has 11 aromatic carbocycles. The van der Waals surface area contributed by atoms with Gasteiger partial charge in [0.1, 0.15) is 11.2 Å². The van der Waals surface area contributed by atoms with Crippen molar-refractivity contribution in [1.29, 1.82) is 0 Å². The maximum Gasteiger partial charge on any atom is 0.145 e. The summed E-state index contributed by atoms with van der Waals surface area (Å²) in [5.41, 5.74) is 16.9. The first-order valence-corrected chi connectivity index (χ1v) is 25.1. The summed E-state index contributed by atoms with van der Waals surface area (Å²) in [4.78, 5) is 4.90. The van der Waals surface area contributed by atoms with E-state index in [1.54, 1.807) is 0 Å². The van der Waals surface area contributed by atoms with E-state index in [-0.39, 0.29) is 0 Å². The monoisotopic (exact) mass is 924 g/mol. The van der Waals surface area contributed by atoms with Crippen molar-refractivity contribution in [2.75, 3.05) is 9.80 Å². The van der Waals surface area contributed by atoms with Crippen molar-refractivity contribution in [3.63, 3.8) is 0 Å². The Balaban J connectivity index is 1.18. The summed E-state index contributed by atoms with van der Waals surface area (Å²) < 4.78 is 9.90. The molecule has 2 aromatic heterocycles. The Kier molecular flexibility index (Phi) is 9.61. The van der Waals surface area contributed by atoms with E-state index in [9.17, 15) is 0 Å². The second kappa shape index (κ2) is 16.6. The average Bonchev–Trinajstić information content (AvgIpc) is 4.13. The summed E-state index contributed by atoms with van der Waals surface area (Å²) in [5.74, 6) is 0. The first-order chi connectivity index (χ1) is 35.3. The fourth-order valence-corrected chi connectivity index (χ4v) is 12.7.